The lowest BCUT2D eigenvalue weighted by Crippen LogP contribution is -2.43. The van der Waals surface area contributed by atoms with Crippen molar-refractivity contribution in [3.8, 4) is 11.3 Å². The molecule has 0 unspecified atom stereocenters. The number of nitrogens with zero attached hydrogens (tertiary/aromatic N) is 3. The van der Waals surface area contributed by atoms with E-state index in [9.17, 15) is 4.79 Å². The van der Waals surface area contributed by atoms with E-state index in [4.69, 9.17) is 16.0 Å². The Morgan fingerprint density at radius 3 is 2.65 bits per heavy atom. The van der Waals surface area contributed by atoms with Crippen LogP contribution in [0.5, 0.6) is 0 Å². The van der Waals surface area contributed by atoms with Crippen LogP contribution in [0, 0.1) is 0 Å². The summed E-state index contributed by atoms with van der Waals surface area (Å²) in [7, 11) is -1.74. The Balaban J connectivity index is 1.31. The van der Waals surface area contributed by atoms with Crippen molar-refractivity contribution in [2.75, 3.05) is 31.1 Å². The molecule has 5 rings (SSSR count). The monoisotopic (exact) mass is 536 g/mol. The molecular weight excluding hydrogens is 500 g/mol. The zero-order valence-corrected chi connectivity index (χ0v) is 24.3. The molecule has 0 bridgehead atoms. The lowest BCUT2D eigenvalue weighted by molar-refractivity contribution is 0.0981. The van der Waals surface area contributed by atoms with Gasteiger partial charge in [-0.1, -0.05) is 50.6 Å². The predicted molar refractivity (Wildman–Crippen MR) is 153 cm³/mol. The molecule has 0 spiro atoms. The van der Waals surface area contributed by atoms with Crippen molar-refractivity contribution < 1.29 is 9.22 Å². The molecule has 2 aliphatic heterocycles. The number of benzene rings is 2. The summed E-state index contributed by atoms with van der Waals surface area (Å²) in [5.74, 6) is -0.0136. The van der Waals surface area contributed by atoms with Crippen molar-refractivity contribution in [1.29, 1.82) is 0 Å². The second kappa shape index (κ2) is 10.0. The molecule has 2 aliphatic rings. The van der Waals surface area contributed by atoms with Crippen LogP contribution in [-0.2, 0) is 23.8 Å². The summed E-state index contributed by atoms with van der Waals surface area (Å²) in [5.41, 5.74) is 6.68. The third kappa shape index (κ3) is 5.28. The summed E-state index contributed by atoms with van der Waals surface area (Å²) >= 11 is 6.22. The molecule has 0 aliphatic carbocycles. The van der Waals surface area contributed by atoms with Gasteiger partial charge in [-0.2, -0.15) is 5.10 Å². The average molecular weight is 537 g/mol. The van der Waals surface area contributed by atoms with Gasteiger partial charge < -0.3 is 9.33 Å². The van der Waals surface area contributed by atoms with E-state index in [-0.39, 0.29) is 10.9 Å². The number of aromatic nitrogens is 2. The van der Waals surface area contributed by atoms with E-state index in [2.05, 4.69) is 67.2 Å². The minimum atomic E-state index is -1.74. The number of anilines is 1. The molecular formula is C29H37ClN4O2Si. The van der Waals surface area contributed by atoms with Crippen LogP contribution in [0.2, 0.25) is 23.2 Å². The number of amides is 1. The number of halogens is 1. The van der Waals surface area contributed by atoms with E-state index in [0.29, 0.717) is 22.8 Å². The molecule has 196 valence electrons. The van der Waals surface area contributed by atoms with Crippen LogP contribution in [-0.4, -0.2) is 55.6 Å². The first-order valence-corrected chi connectivity index (χ1v) is 16.5. The second-order valence-corrected chi connectivity index (χ2v) is 17.0. The maximum atomic E-state index is 13.7. The molecule has 1 amide bonds. The molecule has 0 saturated carbocycles. The van der Waals surface area contributed by atoms with Crippen LogP contribution in [0.3, 0.4) is 0 Å². The highest BCUT2D eigenvalue weighted by atomic mass is 35.5. The number of hydrogen-bond donors (Lipinski definition) is 1. The molecule has 2 aromatic carbocycles. The topological polar surface area (TPSA) is 61.5 Å². The normalized spacial score (nSPS) is 16.6. The summed E-state index contributed by atoms with van der Waals surface area (Å²) in [4.78, 5) is 18.1. The van der Waals surface area contributed by atoms with Gasteiger partial charge in [-0.05, 0) is 59.9 Å². The van der Waals surface area contributed by atoms with Gasteiger partial charge in [0.25, 0.3) is 5.91 Å². The van der Waals surface area contributed by atoms with Crippen molar-refractivity contribution in [3.05, 3.63) is 69.9 Å². The van der Waals surface area contributed by atoms with Crippen molar-refractivity contribution in [2.24, 2.45) is 0 Å². The molecule has 1 aromatic heterocycles. The predicted octanol–water partition coefficient (Wildman–Crippen LogP) is 6.31. The van der Waals surface area contributed by atoms with Crippen LogP contribution < -0.4 is 4.90 Å². The fourth-order valence-corrected chi connectivity index (χ4v) is 6.17. The maximum Gasteiger partial charge on any atom is 0.262 e. The number of carbonyl (C=O) groups excluding carboxylic acids is 1. The van der Waals surface area contributed by atoms with Gasteiger partial charge in [-0.25, -0.2) is 0 Å². The summed E-state index contributed by atoms with van der Waals surface area (Å²) in [5, 5.41) is 8.42. The standard InChI is InChI=1S/C29H37ClN4O2Si/c1-29(2,3)37(4,5)36-16-15-33-13-11-20-9-10-24(18-22(20)19-33)34-14-12-25-26(28(34)35)27(32-31-25)21-7-6-8-23(30)17-21/h6-10,17-18H,11-16,19H2,1-5H3,(H,31,32). The van der Waals surface area contributed by atoms with Gasteiger partial charge >= 0.3 is 0 Å². The maximum absolute atomic E-state index is 13.7. The van der Waals surface area contributed by atoms with Crippen molar-refractivity contribution in [2.45, 2.75) is 58.3 Å². The van der Waals surface area contributed by atoms with Crippen LogP contribution in [0.1, 0.15) is 48.0 Å². The first-order valence-electron chi connectivity index (χ1n) is 13.2. The van der Waals surface area contributed by atoms with Crippen LogP contribution >= 0.6 is 11.6 Å². The number of H-pyrrole nitrogens is 1. The van der Waals surface area contributed by atoms with Gasteiger partial charge in [0.2, 0.25) is 0 Å². The number of nitrogens with one attached hydrogen (secondary N) is 1. The summed E-state index contributed by atoms with van der Waals surface area (Å²) in [6.45, 7) is 15.7. The number of aromatic amines is 1. The van der Waals surface area contributed by atoms with E-state index >= 15 is 0 Å². The zero-order valence-electron chi connectivity index (χ0n) is 22.5. The molecule has 3 aromatic rings. The van der Waals surface area contributed by atoms with Crippen molar-refractivity contribution >= 4 is 31.5 Å². The minimum absolute atomic E-state index is 0.0136. The smallest absolute Gasteiger partial charge is 0.262 e. The highest BCUT2D eigenvalue weighted by Crippen LogP contribution is 2.37. The molecule has 37 heavy (non-hydrogen) atoms. The third-order valence-corrected chi connectivity index (χ3v) is 13.0. The molecule has 0 saturated heterocycles. The molecule has 3 heterocycles. The van der Waals surface area contributed by atoms with Crippen molar-refractivity contribution in [3.63, 3.8) is 0 Å². The largest absolute Gasteiger partial charge is 0.416 e. The number of hydrogen-bond acceptors (Lipinski definition) is 4. The van der Waals surface area contributed by atoms with Gasteiger partial charge in [-0.3, -0.25) is 14.8 Å². The SMILES string of the molecule is CC(C)(C)[Si](C)(C)OCCN1CCc2ccc(N3CCc4[nH]nc(-c5cccc(Cl)c5)c4C3=O)cc2C1. The second-order valence-electron chi connectivity index (χ2n) is 11.7. The Morgan fingerprint density at radius 2 is 1.89 bits per heavy atom. The highest BCUT2D eigenvalue weighted by Gasteiger charge is 2.37. The first kappa shape index (κ1) is 26.2. The van der Waals surface area contributed by atoms with E-state index in [1.54, 1.807) is 0 Å². The Bertz CT molecular complexity index is 1310. The number of fused-ring (bicyclic) bond motifs is 2. The fourth-order valence-electron chi connectivity index (χ4n) is 4.95. The number of carbonyl (C=O) groups is 1. The Hall–Kier alpha value is -2.45. The van der Waals surface area contributed by atoms with Crippen LogP contribution in [0.25, 0.3) is 11.3 Å². The molecule has 8 heteroatoms. The van der Waals surface area contributed by atoms with Crippen LogP contribution in [0.4, 0.5) is 5.69 Å². The Kier molecular flexibility index (Phi) is 7.09. The van der Waals surface area contributed by atoms with E-state index in [1.807, 2.05) is 29.2 Å². The fraction of sp³-hybridized carbons (Fsp3) is 0.448. The van der Waals surface area contributed by atoms with Gasteiger partial charge in [0.1, 0.15) is 5.69 Å². The molecule has 0 atom stereocenters. The van der Waals surface area contributed by atoms with Gasteiger partial charge in [0, 0.05) is 55.5 Å². The molecule has 0 radical (unpaired) electrons. The summed E-state index contributed by atoms with van der Waals surface area (Å²) in [6.07, 6.45) is 1.76. The molecule has 6 nitrogen and oxygen atoms in total. The highest BCUT2D eigenvalue weighted by molar-refractivity contribution is 6.74. The lowest BCUT2D eigenvalue weighted by atomic mass is 9.96. The van der Waals surface area contributed by atoms with Crippen LogP contribution in [0.15, 0.2) is 42.5 Å². The zero-order chi connectivity index (χ0) is 26.4. The van der Waals surface area contributed by atoms with Gasteiger partial charge in [-0.15, -0.1) is 0 Å². The summed E-state index contributed by atoms with van der Waals surface area (Å²) in [6, 6.07) is 14.0. The lowest BCUT2D eigenvalue weighted by Gasteiger charge is -2.37. The Labute approximate surface area is 226 Å². The summed E-state index contributed by atoms with van der Waals surface area (Å²) < 4.78 is 6.43. The third-order valence-electron chi connectivity index (χ3n) is 8.25. The minimum Gasteiger partial charge on any atom is -0.416 e. The van der Waals surface area contributed by atoms with E-state index in [1.165, 1.54) is 11.1 Å². The quantitative estimate of drug-likeness (QED) is 0.375. The van der Waals surface area contributed by atoms with Gasteiger partial charge in [0.05, 0.1) is 11.3 Å². The van der Waals surface area contributed by atoms with E-state index < -0.39 is 8.32 Å². The number of rotatable bonds is 6. The average Bonchev–Trinajstić information content (AvgIpc) is 3.28. The molecule has 0 fully saturated rings. The Morgan fingerprint density at radius 1 is 1.08 bits per heavy atom. The first-order chi connectivity index (χ1) is 17.5. The van der Waals surface area contributed by atoms with E-state index in [0.717, 1.165) is 56.0 Å². The molecule has 1 N–H and O–H groups in total. The van der Waals surface area contributed by atoms with Gasteiger partial charge in [0.15, 0.2) is 8.32 Å². The van der Waals surface area contributed by atoms with Crippen molar-refractivity contribution in [1.82, 2.24) is 15.1 Å².